The van der Waals surface area contributed by atoms with Gasteiger partial charge < -0.3 is 14.4 Å². The number of hydrogen-bond donors (Lipinski definition) is 0. The Hall–Kier alpha value is -2.83. The molecule has 3 aromatic rings. The maximum atomic E-state index is 5.76. The van der Waals surface area contributed by atoms with Crippen LogP contribution in [0.15, 0.2) is 30.3 Å². The van der Waals surface area contributed by atoms with Crippen LogP contribution in [-0.4, -0.2) is 39.6 Å². The summed E-state index contributed by atoms with van der Waals surface area (Å²) in [7, 11) is 0. The molecule has 1 saturated heterocycles. The molecule has 5 rings (SSSR count). The molecule has 0 spiro atoms. The number of benzene rings is 1. The summed E-state index contributed by atoms with van der Waals surface area (Å²) in [4.78, 5) is 2.37. The molecule has 0 bridgehead atoms. The molecular weight excluding hydrogens is 330 g/mol. The fourth-order valence-corrected chi connectivity index (χ4v) is 3.85. The fourth-order valence-electron chi connectivity index (χ4n) is 3.85. The van der Waals surface area contributed by atoms with Crippen LogP contribution >= 0.6 is 0 Å². The molecule has 0 radical (unpaired) electrons. The van der Waals surface area contributed by atoms with Gasteiger partial charge in [0, 0.05) is 13.0 Å². The van der Waals surface area contributed by atoms with Gasteiger partial charge in [-0.25, -0.2) is 0 Å². The first-order valence-electron chi connectivity index (χ1n) is 9.21. The molecule has 4 heterocycles. The standard InChI is InChI=1S/C19H21N5O2/c1-2-17-20-21-18-7-8-19(22-24(17)18)23-9-3-4-14(23)13-5-6-15-16(12-13)26-11-10-25-15/h5-8,12,14H,2-4,9-11H2,1H3. The third-order valence-electron chi connectivity index (χ3n) is 5.13. The molecule has 1 atom stereocenters. The lowest BCUT2D eigenvalue weighted by Crippen LogP contribution is -2.24. The van der Waals surface area contributed by atoms with Gasteiger partial charge in [-0.15, -0.1) is 15.3 Å². The topological polar surface area (TPSA) is 64.8 Å². The Morgan fingerprint density at radius 3 is 2.85 bits per heavy atom. The monoisotopic (exact) mass is 351 g/mol. The Bertz CT molecular complexity index is 954. The van der Waals surface area contributed by atoms with Gasteiger partial charge in [0.25, 0.3) is 0 Å². The molecule has 0 N–H and O–H groups in total. The van der Waals surface area contributed by atoms with Crippen molar-refractivity contribution < 1.29 is 9.47 Å². The first-order chi connectivity index (χ1) is 12.8. The number of rotatable bonds is 3. The lowest BCUT2D eigenvalue weighted by atomic mass is 10.0. The molecule has 1 unspecified atom stereocenters. The second-order valence-electron chi connectivity index (χ2n) is 6.69. The normalized spacial score (nSPS) is 19.3. The van der Waals surface area contributed by atoms with E-state index in [0.29, 0.717) is 13.2 Å². The van der Waals surface area contributed by atoms with Gasteiger partial charge in [-0.05, 0) is 42.7 Å². The Balaban J connectivity index is 1.51. The van der Waals surface area contributed by atoms with E-state index in [1.165, 1.54) is 5.56 Å². The molecule has 2 aliphatic heterocycles. The van der Waals surface area contributed by atoms with Crippen molar-refractivity contribution in [3.05, 3.63) is 41.7 Å². The van der Waals surface area contributed by atoms with Crippen molar-refractivity contribution in [2.45, 2.75) is 32.2 Å². The molecule has 0 amide bonds. The second kappa shape index (κ2) is 6.16. The minimum atomic E-state index is 0.289. The van der Waals surface area contributed by atoms with Gasteiger partial charge in [0.05, 0.1) is 6.04 Å². The van der Waals surface area contributed by atoms with Crippen LogP contribution < -0.4 is 14.4 Å². The molecule has 1 fully saturated rings. The summed E-state index contributed by atoms with van der Waals surface area (Å²) < 4.78 is 13.3. The van der Waals surface area contributed by atoms with Crippen LogP contribution in [0.5, 0.6) is 11.5 Å². The van der Waals surface area contributed by atoms with Gasteiger partial charge in [-0.3, -0.25) is 0 Å². The highest BCUT2D eigenvalue weighted by molar-refractivity contribution is 5.51. The Morgan fingerprint density at radius 1 is 1.08 bits per heavy atom. The maximum absolute atomic E-state index is 5.76. The summed E-state index contributed by atoms with van der Waals surface area (Å²) >= 11 is 0. The van der Waals surface area contributed by atoms with E-state index >= 15 is 0 Å². The van der Waals surface area contributed by atoms with Crippen LogP contribution in [0.2, 0.25) is 0 Å². The van der Waals surface area contributed by atoms with Crippen molar-refractivity contribution in [2.24, 2.45) is 0 Å². The molecule has 2 aliphatic rings. The molecule has 134 valence electrons. The average Bonchev–Trinajstić information content (AvgIpc) is 3.34. The summed E-state index contributed by atoms with van der Waals surface area (Å²) in [5.74, 6) is 3.53. The van der Waals surface area contributed by atoms with Crippen LogP contribution in [0, 0.1) is 0 Å². The zero-order valence-corrected chi connectivity index (χ0v) is 14.8. The number of fused-ring (bicyclic) bond motifs is 2. The molecule has 0 aliphatic carbocycles. The minimum Gasteiger partial charge on any atom is -0.486 e. The van der Waals surface area contributed by atoms with Gasteiger partial charge >= 0.3 is 0 Å². The average molecular weight is 351 g/mol. The van der Waals surface area contributed by atoms with Crippen molar-refractivity contribution in [3.63, 3.8) is 0 Å². The molecule has 1 aromatic carbocycles. The van der Waals surface area contributed by atoms with Gasteiger partial charge in [-0.1, -0.05) is 13.0 Å². The summed E-state index contributed by atoms with van der Waals surface area (Å²) in [5.41, 5.74) is 2.04. The highest BCUT2D eigenvalue weighted by Crippen LogP contribution is 2.39. The fraction of sp³-hybridized carbons (Fsp3) is 0.421. The van der Waals surface area contributed by atoms with E-state index in [9.17, 15) is 0 Å². The van der Waals surface area contributed by atoms with Crippen LogP contribution in [-0.2, 0) is 6.42 Å². The number of ether oxygens (including phenoxy) is 2. The summed E-state index contributed by atoms with van der Waals surface area (Å²) in [6, 6.07) is 10.6. The largest absolute Gasteiger partial charge is 0.486 e. The van der Waals surface area contributed by atoms with E-state index in [4.69, 9.17) is 14.6 Å². The Labute approximate surface area is 151 Å². The SMILES string of the molecule is CCc1nnc2ccc(N3CCCC3c3ccc4c(c3)OCCO4)nn12. The third kappa shape index (κ3) is 2.46. The van der Waals surface area contributed by atoms with Crippen molar-refractivity contribution in [1.29, 1.82) is 0 Å². The first-order valence-corrected chi connectivity index (χ1v) is 9.21. The predicted molar refractivity (Wildman–Crippen MR) is 96.9 cm³/mol. The summed E-state index contributed by atoms with van der Waals surface area (Å²) in [6.07, 6.45) is 3.05. The smallest absolute Gasteiger partial charge is 0.178 e. The Kier molecular flexibility index (Phi) is 3.65. The molecule has 0 saturated carbocycles. The molecule has 7 heteroatoms. The lowest BCUT2D eigenvalue weighted by Gasteiger charge is -2.27. The van der Waals surface area contributed by atoms with Crippen molar-refractivity contribution in [1.82, 2.24) is 19.8 Å². The van der Waals surface area contributed by atoms with E-state index in [-0.39, 0.29) is 6.04 Å². The summed E-state index contributed by atoms with van der Waals surface area (Å²) in [5, 5.41) is 13.2. The zero-order valence-electron chi connectivity index (χ0n) is 14.8. The van der Waals surface area contributed by atoms with Crippen molar-refractivity contribution >= 4 is 11.5 Å². The third-order valence-corrected chi connectivity index (χ3v) is 5.13. The molecule has 7 nitrogen and oxygen atoms in total. The van der Waals surface area contributed by atoms with Crippen molar-refractivity contribution in [2.75, 3.05) is 24.7 Å². The molecule has 26 heavy (non-hydrogen) atoms. The summed E-state index contributed by atoms with van der Waals surface area (Å²) in [6.45, 7) is 4.28. The van der Waals surface area contributed by atoms with Crippen LogP contribution in [0.3, 0.4) is 0 Å². The highest BCUT2D eigenvalue weighted by Gasteiger charge is 2.29. The van der Waals surface area contributed by atoms with Crippen LogP contribution in [0.1, 0.15) is 37.2 Å². The number of hydrogen-bond acceptors (Lipinski definition) is 6. The van der Waals surface area contributed by atoms with Crippen molar-refractivity contribution in [3.8, 4) is 11.5 Å². The first kappa shape index (κ1) is 15.4. The quantitative estimate of drug-likeness (QED) is 0.723. The predicted octanol–water partition coefficient (Wildman–Crippen LogP) is 2.80. The Morgan fingerprint density at radius 2 is 1.96 bits per heavy atom. The number of anilines is 1. The maximum Gasteiger partial charge on any atom is 0.178 e. The van der Waals surface area contributed by atoms with E-state index < -0.39 is 0 Å². The molecule has 2 aromatic heterocycles. The van der Waals surface area contributed by atoms with Gasteiger partial charge in [-0.2, -0.15) is 4.52 Å². The van der Waals surface area contributed by atoms with Gasteiger partial charge in [0.2, 0.25) is 0 Å². The number of aryl methyl sites for hydroxylation is 1. The lowest BCUT2D eigenvalue weighted by molar-refractivity contribution is 0.171. The molecular formula is C19H21N5O2. The van der Waals surface area contributed by atoms with E-state index in [1.807, 2.05) is 22.7 Å². The van der Waals surface area contributed by atoms with E-state index in [0.717, 1.165) is 54.6 Å². The van der Waals surface area contributed by atoms with Gasteiger partial charge in [0.1, 0.15) is 19.0 Å². The second-order valence-corrected chi connectivity index (χ2v) is 6.69. The van der Waals surface area contributed by atoms with E-state index in [1.54, 1.807) is 0 Å². The minimum absolute atomic E-state index is 0.289. The highest BCUT2D eigenvalue weighted by atomic mass is 16.6. The zero-order chi connectivity index (χ0) is 17.5. The van der Waals surface area contributed by atoms with Crippen LogP contribution in [0.4, 0.5) is 5.82 Å². The van der Waals surface area contributed by atoms with E-state index in [2.05, 4.69) is 34.2 Å². The number of aromatic nitrogens is 4. The van der Waals surface area contributed by atoms with Gasteiger partial charge in [0.15, 0.2) is 23.0 Å². The van der Waals surface area contributed by atoms with Crippen LogP contribution in [0.25, 0.3) is 5.65 Å². The number of nitrogens with zero attached hydrogens (tertiary/aromatic N) is 5.